The number of rotatable bonds is 6. The van der Waals surface area contributed by atoms with E-state index >= 15 is 0 Å². The number of halogens is 3. The van der Waals surface area contributed by atoms with E-state index in [-0.39, 0.29) is 6.04 Å². The van der Waals surface area contributed by atoms with Crippen LogP contribution in [-0.2, 0) is 4.79 Å². The van der Waals surface area contributed by atoms with Gasteiger partial charge in [0.15, 0.2) is 0 Å². The summed E-state index contributed by atoms with van der Waals surface area (Å²) in [6, 6.07) is -0.521. The minimum atomic E-state index is -4.36. The molecule has 0 aromatic heterocycles. The molecule has 0 saturated carbocycles. The molecule has 0 aliphatic heterocycles. The summed E-state index contributed by atoms with van der Waals surface area (Å²) in [5.41, 5.74) is 0. The third-order valence-corrected chi connectivity index (χ3v) is 2.22. The number of amides is 1. The van der Waals surface area contributed by atoms with Crippen LogP contribution in [0.1, 0.15) is 34.1 Å². The van der Waals surface area contributed by atoms with Crippen molar-refractivity contribution in [1.82, 2.24) is 10.6 Å². The summed E-state index contributed by atoms with van der Waals surface area (Å²) in [6.45, 7) is 6.28. The van der Waals surface area contributed by atoms with Crippen molar-refractivity contribution in [2.24, 2.45) is 5.92 Å². The summed E-state index contributed by atoms with van der Waals surface area (Å²) in [6.07, 6.45) is -3.49. The number of alkyl halides is 3. The molecule has 6 heteroatoms. The molecule has 2 N–H and O–H groups in total. The lowest BCUT2D eigenvalue weighted by molar-refractivity contribution is -0.139. The summed E-state index contributed by atoms with van der Waals surface area (Å²) in [5, 5.41) is 4.82. The van der Waals surface area contributed by atoms with E-state index in [2.05, 4.69) is 5.32 Å². The van der Waals surface area contributed by atoms with E-state index in [1.54, 1.807) is 6.92 Å². The molecule has 17 heavy (non-hydrogen) atoms. The van der Waals surface area contributed by atoms with Crippen molar-refractivity contribution in [3.05, 3.63) is 0 Å². The Balaban J connectivity index is 3.97. The quantitative estimate of drug-likeness (QED) is 0.762. The van der Waals surface area contributed by atoms with Crippen molar-refractivity contribution in [3.8, 4) is 0 Å². The maximum atomic E-state index is 11.9. The van der Waals surface area contributed by atoms with Gasteiger partial charge in [0.1, 0.15) is 6.54 Å². The predicted octanol–water partition coefficient (Wildman–Crippen LogP) is 2.08. The molecule has 0 aromatic rings. The number of hydrogen-bond acceptors (Lipinski definition) is 2. The molecule has 2 unspecified atom stereocenters. The zero-order valence-corrected chi connectivity index (χ0v) is 10.7. The Morgan fingerprint density at radius 2 is 1.71 bits per heavy atom. The first-order valence-corrected chi connectivity index (χ1v) is 5.72. The topological polar surface area (TPSA) is 41.1 Å². The third-order valence-electron chi connectivity index (χ3n) is 2.22. The molecular formula is C11H21F3N2O. The Labute approximate surface area is 100 Å². The van der Waals surface area contributed by atoms with Crippen LogP contribution in [0.3, 0.4) is 0 Å². The molecule has 0 spiro atoms. The van der Waals surface area contributed by atoms with Crippen LogP contribution in [0.5, 0.6) is 0 Å². The highest BCUT2D eigenvalue weighted by Crippen LogP contribution is 2.12. The normalized spacial score (nSPS) is 15.8. The zero-order chi connectivity index (χ0) is 13.6. The van der Waals surface area contributed by atoms with Crippen LogP contribution in [-0.4, -0.2) is 30.7 Å². The molecule has 0 bridgehead atoms. The van der Waals surface area contributed by atoms with Crippen molar-refractivity contribution >= 4 is 5.91 Å². The minimum absolute atomic E-state index is 0.0987. The Bertz CT molecular complexity index is 241. The van der Waals surface area contributed by atoms with Crippen LogP contribution in [0.15, 0.2) is 0 Å². The number of nitrogens with one attached hydrogen (secondary N) is 2. The molecule has 0 aliphatic rings. The molecule has 0 aliphatic carbocycles. The Morgan fingerprint density at radius 1 is 1.18 bits per heavy atom. The van der Waals surface area contributed by atoms with Gasteiger partial charge in [-0.1, -0.05) is 13.8 Å². The highest BCUT2D eigenvalue weighted by atomic mass is 19.4. The van der Waals surface area contributed by atoms with E-state index < -0.39 is 24.7 Å². The first-order chi connectivity index (χ1) is 7.61. The Hall–Kier alpha value is -0.780. The Morgan fingerprint density at radius 3 is 2.12 bits per heavy atom. The average molecular weight is 254 g/mol. The average Bonchev–Trinajstić information content (AvgIpc) is 2.11. The molecule has 0 radical (unpaired) electrons. The van der Waals surface area contributed by atoms with E-state index in [1.807, 2.05) is 26.1 Å². The van der Waals surface area contributed by atoms with E-state index in [1.165, 1.54) is 0 Å². The van der Waals surface area contributed by atoms with Crippen LogP contribution < -0.4 is 10.6 Å². The molecule has 2 atom stereocenters. The van der Waals surface area contributed by atoms with Gasteiger partial charge in [-0.2, -0.15) is 13.2 Å². The van der Waals surface area contributed by atoms with Gasteiger partial charge in [0.2, 0.25) is 5.91 Å². The van der Waals surface area contributed by atoms with Crippen molar-refractivity contribution in [3.63, 3.8) is 0 Å². The molecule has 0 fully saturated rings. The second-order valence-electron chi connectivity index (χ2n) is 4.75. The maximum Gasteiger partial charge on any atom is 0.405 e. The summed E-state index contributed by atoms with van der Waals surface area (Å²) in [5.74, 6) is -0.152. The fourth-order valence-corrected chi connectivity index (χ4v) is 1.62. The number of carbonyl (C=O) groups excluding carboxylic acids is 1. The highest BCUT2D eigenvalue weighted by molar-refractivity contribution is 5.81. The third kappa shape index (κ3) is 8.97. The van der Waals surface area contributed by atoms with Crippen LogP contribution in [0.2, 0.25) is 0 Å². The second-order valence-corrected chi connectivity index (χ2v) is 4.75. The monoisotopic (exact) mass is 254 g/mol. The van der Waals surface area contributed by atoms with Crippen LogP contribution in [0, 0.1) is 5.92 Å². The number of carbonyl (C=O) groups is 1. The number of hydrogen-bond donors (Lipinski definition) is 2. The van der Waals surface area contributed by atoms with Gasteiger partial charge in [0.05, 0.1) is 6.04 Å². The Kier molecular flexibility index (Phi) is 6.52. The van der Waals surface area contributed by atoms with Crippen molar-refractivity contribution in [1.29, 1.82) is 0 Å². The molecule has 0 rings (SSSR count). The van der Waals surface area contributed by atoms with E-state index in [9.17, 15) is 18.0 Å². The maximum absolute atomic E-state index is 11.9. The largest absolute Gasteiger partial charge is 0.405 e. The van der Waals surface area contributed by atoms with E-state index in [0.717, 1.165) is 6.42 Å². The summed E-state index contributed by atoms with van der Waals surface area (Å²) in [4.78, 5) is 11.3. The first-order valence-electron chi connectivity index (χ1n) is 5.72. The standard InChI is InChI=1S/C11H21F3N2O/c1-7(2)5-8(3)16-9(4)10(17)15-6-11(12,13)14/h7-9,16H,5-6H2,1-4H3,(H,15,17). The van der Waals surface area contributed by atoms with Crippen molar-refractivity contribution in [2.45, 2.75) is 52.4 Å². The molecule has 0 heterocycles. The molecule has 1 amide bonds. The van der Waals surface area contributed by atoms with Gasteiger partial charge in [-0.05, 0) is 26.2 Å². The lowest BCUT2D eigenvalue weighted by Gasteiger charge is -2.21. The van der Waals surface area contributed by atoms with Gasteiger partial charge >= 0.3 is 6.18 Å². The van der Waals surface area contributed by atoms with Crippen LogP contribution in [0.4, 0.5) is 13.2 Å². The molecule has 0 aromatic carbocycles. The fourth-order valence-electron chi connectivity index (χ4n) is 1.62. The molecule has 3 nitrogen and oxygen atoms in total. The zero-order valence-electron chi connectivity index (χ0n) is 10.7. The highest BCUT2D eigenvalue weighted by Gasteiger charge is 2.28. The van der Waals surface area contributed by atoms with E-state index in [4.69, 9.17) is 0 Å². The van der Waals surface area contributed by atoms with Crippen LogP contribution >= 0.6 is 0 Å². The first kappa shape index (κ1) is 16.2. The predicted molar refractivity (Wildman–Crippen MR) is 60.6 cm³/mol. The summed E-state index contributed by atoms with van der Waals surface area (Å²) < 4.78 is 35.6. The second kappa shape index (κ2) is 6.83. The van der Waals surface area contributed by atoms with Gasteiger partial charge in [0.25, 0.3) is 0 Å². The van der Waals surface area contributed by atoms with Gasteiger partial charge in [-0.15, -0.1) is 0 Å². The summed E-state index contributed by atoms with van der Waals surface area (Å²) >= 11 is 0. The smallest absolute Gasteiger partial charge is 0.346 e. The van der Waals surface area contributed by atoms with Gasteiger partial charge in [0, 0.05) is 6.04 Å². The van der Waals surface area contributed by atoms with Crippen molar-refractivity contribution < 1.29 is 18.0 Å². The summed E-state index contributed by atoms with van der Waals surface area (Å²) in [7, 11) is 0. The lowest BCUT2D eigenvalue weighted by Crippen LogP contribution is -2.48. The molecule has 102 valence electrons. The lowest BCUT2D eigenvalue weighted by atomic mass is 10.0. The molecular weight excluding hydrogens is 233 g/mol. The van der Waals surface area contributed by atoms with Gasteiger partial charge < -0.3 is 10.6 Å². The minimum Gasteiger partial charge on any atom is -0.346 e. The van der Waals surface area contributed by atoms with Gasteiger partial charge in [-0.25, -0.2) is 0 Å². The van der Waals surface area contributed by atoms with Gasteiger partial charge in [-0.3, -0.25) is 4.79 Å². The fraction of sp³-hybridized carbons (Fsp3) is 0.909. The van der Waals surface area contributed by atoms with Crippen LogP contribution in [0.25, 0.3) is 0 Å². The van der Waals surface area contributed by atoms with E-state index in [0.29, 0.717) is 5.92 Å². The molecule has 0 saturated heterocycles. The van der Waals surface area contributed by atoms with Crippen molar-refractivity contribution in [2.75, 3.05) is 6.54 Å². The SMILES string of the molecule is CC(C)CC(C)NC(C)C(=O)NCC(F)(F)F.